The minimum Gasteiger partial charge on any atom is -0.497 e. The van der Waals surface area contributed by atoms with Gasteiger partial charge < -0.3 is 9.47 Å². The number of methoxy groups -OCH3 is 2. The Labute approximate surface area is 125 Å². The molecule has 8 heteroatoms. The van der Waals surface area contributed by atoms with E-state index in [-0.39, 0.29) is 12.2 Å². The van der Waals surface area contributed by atoms with Crippen molar-refractivity contribution in [3.63, 3.8) is 0 Å². The van der Waals surface area contributed by atoms with E-state index in [1.807, 2.05) is 6.92 Å². The molecule has 21 heavy (non-hydrogen) atoms. The Hall–Kier alpha value is -1.51. The highest BCUT2D eigenvalue weighted by Crippen LogP contribution is 2.28. The monoisotopic (exact) mass is 319 g/mol. The molecule has 0 atom stereocenters. The van der Waals surface area contributed by atoms with Gasteiger partial charge in [-0.05, 0) is 13.3 Å². The van der Waals surface area contributed by atoms with Gasteiger partial charge >= 0.3 is 0 Å². The third kappa shape index (κ3) is 6.19. The second-order valence-electron chi connectivity index (χ2n) is 4.23. The zero-order chi connectivity index (χ0) is 15.9. The largest absolute Gasteiger partial charge is 0.497 e. The maximum absolute atomic E-state index is 10.8. The molecule has 1 aromatic rings. The van der Waals surface area contributed by atoms with E-state index in [9.17, 15) is 8.42 Å². The predicted octanol–water partition coefficient (Wildman–Crippen LogP) is 1.74. The molecule has 1 N–H and O–H groups in total. The van der Waals surface area contributed by atoms with Crippen LogP contribution in [-0.2, 0) is 15.0 Å². The van der Waals surface area contributed by atoms with Gasteiger partial charge in [-0.25, -0.2) is 0 Å². The molecule has 0 bridgehead atoms. The molecular formula is C13H21NO6S. The fourth-order valence-electron chi connectivity index (χ4n) is 1.75. The topological polar surface area (TPSA) is 85.3 Å². The Balaban J connectivity index is 2.88. The fourth-order valence-corrected chi connectivity index (χ4v) is 2.24. The molecule has 0 saturated carbocycles. The molecule has 1 aromatic carbocycles. The molecule has 0 saturated heterocycles. The van der Waals surface area contributed by atoms with Crippen molar-refractivity contribution in [3.05, 3.63) is 18.2 Å². The van der Waals surface area contributed by atoms with E-state index in [4.69, 9.17) is 18.9 Å². The Kier molecular flexibility index (Phi) is 6.73. The molecule has 1 rings (SSSR count). The molecule has 0 aromatic heterocycles. The lowest BCUT2D eigenvalue weighted by Gasteiger charge is -2.24. The van der Waals surface area contributed by atoms with Crippen molar-refractivity contribution in [2.75, 3.05) is 38.2 Å². The van der Waals surface area contributed by atoms with Crippen LogP contribution in [0.15, 0.2) is 18.2 Å². The maximum atomic E-state index is 10.8. The molecule has 0 aliphatic carbocycles. The van der Waals surface area contributed by atoms with Crippen molar-refractivity contribution in [1.29, 1.82) is 0 Å². The van der Waals surface area contributed by atoms with Crippen LogP contribution >= 0.6 is 0 Å². The average molecular weight is 319 g/mol. The van der Waals surface area contributed by atoms with Gasteiger partial charge in [0, 0.05) is 24.7 Å². The predicted molar refractivity (Wildman–Crippen MR) is 79.6 cm³/mol. The van der Waals surface area contributed by atoms with Gasteiger partial charge in [0.2, 0.25) is 0 Å². The minimum absolute atomic E-state index is 0.234. The zero-order valence-corrected chi connectivity index (χ0v) is 13.2. The highest BCUT2D eigenvalue weighted by Gasteiger charge is 2.12. The van der Waals surface area contributed by atoms with Gasteiger partial charge in [0.05, 0.1) is 32.3 Å². The van der Waals surface area contributed by atoms with E-state index in [0.717, 1.165) is 0 Å². The molecule has 0 radical (unpaired) electrons. The smallest absolute Gasteiger partial charge is 0.264 e. The number of anilines is 1. The third-order valence-electron chi connectivity index (χ3n) is 2.67. The lowest BCUT2D eigenvalue weighted by Crippen LogP contribution is -2.26. The lowest BCUT2D eigenvalue weighted by molar-refractivity contribution is 0.120. The van der Waals surface area contributed by atoms with Crippen LogP contribution in [0.25, 0.3) is 0 Å². The summed E-state index contributed by atoms with van der Waals surface area (Å²) in [5.41, 5.74) is 0.684. The van der Waals surface area contributed by atoms with Crippen LogP contribution < -0.4 is 14.5 Å². The van der Waals surface area contributed by atoms with Crippen LogP contribution in [0.4, 0.5) is 5.69 Å². The molecule has 0 spiro atoms. The molecular weight excluding hydrogens is 298 g/mol. The summed E-state index contributed by atoms with van der Waals surface area (Å²) in [4.78, 5) is 5.49. The summed E-state index contributed by atoms with van der Waals surface area (Å²) in [5.74, 6) is 0.880. The molecule has 0 aliphatic heterocycles. The van der Waals surface area contributed by atoms with Gasteiger partial charge in [0.25, 0.3) is 10.1 Å². The first-order valence-electron chi connectivity index (χ1n) is 6.48. The number of hydrogen-bond donors (Lipinski definition) is 1. The molecule has 0 amide bonds. The maximum Gasteiger partial charge on any atom is 0.264 e. The molecule has 0 unspecified atom stereocenters. The number of benzene rings is 1. The van der Waals surface area contributed by atoms with E-state index in [2.05, 4.69) is 0 Å². The Morgan fingerprint density at radius 1 is 1.14 bits per heavy atom. The van der Waals surface area contributed by atoms with Crippen LogP contribution in [0.2, 0.25) is 0 Å². The minimum atomic E-state index is -3.97. The number of hydroxylamine groups is 1. The van der Waals surface area contributed by atoms with Crippen molar-refractivity contribution >= 4 is 15.8 Å². The van der Waals surface area contributed by atoms with Gasteiger partial charge in [-0.3, -0.25) is 14.5 Å². The van der Waals surface area contributed by atoms with Crippen LogP contribution in [0.1, 0.15) is 13.3 Å². The summed E-state index contributed by atoms with van der Waals surface area (Å²) in [6, 6.07) is 5.24. The van der Waals surface area contributed by atoms with Crippen molar-refractivity contribution in [1.82, 2.24) is 0 Å². The molecule has 120 valence electrons. The lowest BCUT2D eigenvalue weighted by atomic mass is 10.2. The number of hydrogen-bond acceptors (Lipinski definition) is 6. The van der Waals surface area contributed by atoms with Crippen molar-refractivity contribution in [3.8, 4) is 11.5 Å². The Morgan fingerprint density at radius 2 is 1.71 bits per heavy atom. The van der Waals surface area contributed by atoms with Crippen LogP contribution in [0, 0.1) is 0 Å². The quantitative estimate of drug-likeness (QED) is 0.548. The second-order valence-corrected chi connectivity index (χ2v) is 5.80. The van der Waals surface area contributed by atoms with Gasteiger partial charge in [-0.1, -0.05) is 0 Å². The zero-order valence-electron chi connectivity index (χ0n) is 12.4. The van der Waals surface area contributed by atoms with Gasteiger partial charge in [0.15, 0.2) is 0 Å². The Bertz CT molecular complexity index is 523. The molecule has 0 heterocycles. The highest BCUT2D eigenvalue weighted by molar-refractivity contribution is 7.85. The fraction of sp³-hybridized carbons (Fsp3) is 0.538. The molecule has 0 fully saturated rings. The average Bonchev–Trinajstić information content (AvgIpc) is 2.44. The summed E-state index contributed by atoms with van der Waals surface area (Å²) in [5, 5.41) is 1.55. The molecule has 7 nitrogen and oxygen atoms in total. The number of ether oxygens (including phenoxy) is 2. The van der Waals surface area contributed by atoms with E-state index >= 15 is 0 Å². The van der Waals surface area contributed by atoms with E-state index in [1.165, 1.54) is 0 Å². The summed E-state index contributed by atoms with van der Waals surface area (Å²) in [6.45, 7) is 2.56. The highest BCUT2D eigenvalue weighted by atomic mass is 32.2. The standard InChI is InChI=1S/C13H21NO6S/c1-4-20-14(6-5-7-21(15,16)17)11-8-12(18-2)10-13(9-11)19-3/h8-10H,4-7H2,1-3H3,(H,15,16,17). The summed E-state index contributed by atoms with van der Waals surface area (Å²) in [7, 11) is -0.887. The molecule has 0 aliphatic rings. The second kappa shape index (κ2) is 8.06. The van der Waals surface area contributed by atoms with Crippen molar-refractivity contribution in [2.24, 2.45) is 0 Å². The van der Waals surface area contributed by atoms with Gasteiger partial charge in [-0.2, -0.15) is 8.42 Å². The first kappa shape index (κ1) is 17.5. The normalized spacial score (nSPS) is 11.2. The van der Waals surface area contributed by atoms with Gasteiger partial charge in [0.1, 0.15) is 11.5 Å². The summed E-state index contributed by atoms with van der Waals surface area (Å²) >= 11 is 0. The summed E-state index contributed by atoms with van der Waals surface area (Å²) < 4.78 is 40.7. The van der Waals surface area contributed by atoms with Crippen molar-refractivity contribution in [2.45, 2.75) is 13.3 Å². The van der Waals surface area contributed by atoms with E-state index < -0.39 is 10.1 Å². The first-order chi connectivity index (χ1) is 9.89. The Morgan fingerprint density at radius 3 is 2.14 bits per heavy atom. The number of rotatable bonds is 9. The van der Waals surface area contributed by atoms with Gasteiger partial charge in [-0.15, -0.1) is 0 Å². The van der Waals surface area contributed by atoms with Crippen molar-refractivity contribution < 1.29 is 27.3 Å². The SMILES string of the molecule is CCON(CCCS(=O)(=O)O)c1cc(OC)cc(OC)c1. The van der Waals surface area contributed by atoms with Crippen LogP contribution in [0.5, 0.6) is 11.5 Å². The summed E-state index contributed by atoms with van der Waals surface area (Å²) in [6.07, 6.45) is 0.234. The number of nitrogens with zero attached hydrogens (tertiary/aromatic N) is 1. The first-order valence-corrected chi connectivity index (χ1v) is 8.09. The van der Waals surface area contributed by atoms with Crippen LogP contribution in [0.3, 0.4) is 0 Å². The third-order valence-corrected chi connectivity index (χ3v) is 3.48. The van der Waals surface area contributed by atoms with E-state index in [0.29, 0.717) is 30.3 Å². The van der Waals surface area contributed by atoms with Crippen LogP contribution in [-0.4, -0.2) is 46.1 Å². The van der Waals surface area contributed by atoms with E-state index in [1.54, 1.807) is 37.5 Å².